The number of amides is 1. The molecule has 3 heterocycles. The number of rotatable bonds is 9. The van der Waals surface area contributed by atoms with Gasteiger partial charge in [0.1, 0.15) is 11.8 Å². The van der Waals surface area contributed by atoms with Crippen LogP contribution in [0.3, 0.4) is 0 Å². The fourth-order valence-electron chi connectivity index (χ4n) is 3.42. The molecule has 34 heavy (non-hydrogen) atoms. The highest BCUT2D eigenvalue weighted by Crippen LogP contribution is 2.28. The Morgan fingerprint density at radius 1 is 1.06 bits per heavy atom. The van der Waals surface area contributed by atoms with Crippen LogP contribution in [0.1, 0.15) is 29.9 Å². The quantitative estimate of drug-likeness (QED) is 0.292. The number of carbonyl (C=O) groups excluding carboxylic acids is 1. The van der Waals surface area contributed by atoms with Crippen molar-refractivity contribution >= 4 is 37.0 Å². The van der Waals surface area contributed by atoms with Crippen molar-refractivity contribution in [2.75, 3.05) is 33.7 Å². The smallest absolute Gasteiger partial charge is 0.470 e. The fourth-order valence-corrected chi connectivity index (χ4v) is 3.42. The number of carbonyl (C=O) groups is 1. The van der Waals surface area contributed by atoms with E-state index in [9.17, 15) is 14.8 Å². The maximum atomic E-state index is 12.6. The normalized spacial score (nSPS) is 16.7. The van der Waals surface area contributed by atoms with Gasteiger partial charge in [-0.2, -0.15) is 0 Å². The molecule has 3 rings (SSSR count). The molecule has 2 aromatic rings. The molecular weight excluding hydrogens is 440 g/mol. The molecular formula is C21H29B2N5O6. The standard InChI is InChI=1S/C21H29B2N5O6/c1-21(2)18(34-19(26-21)14-9-16(23(32)33)11-24-10-14)13-27(3)7-8-28(4)20(29)17-6-5-15(12-25-17)22(30)31/h5-6,9-12,18,30-33H,7-8,13H2,1-4H3. The number of hydrogen-bond acceptors (Lipinski definition) is 10. The first kappa shape index (κ1) is 25.8. The van der Waals surface area contributed by atoms with Gasteiger partial charge in [-0.15, -0.1) is 0 Å². The molecule has 1 unspecified atom stereocenters. The van der Waals surface area contributed by atoms with Crippen LogP contribution < -0.4 is 10.9 Å². The van der Waals surface area contributed by atoms with Crippen molar-refractivity contribution in [3.05, 3.63) is 48.0 Å². The molecule has 0 radical (unpaired) electrons. The molecule has 180 valence electrons. The van der Waals surface area contributed by atoms with Gasteiger partial charge in [-0.3, -0.25) is 14.8 Å². The van der Waals surface area contributed by atoms with Crippen LogP contribution in [-0.2, 0) is 4.74 Å². The van der Waals surface area contributed by atoms with Crippen LogP contribution in [0.5, 0.6) is 0 Å². The second-order valence-corrected chi connectivity index (χ2v) is 8.90. The second-order valence-electron chi connectivity index (χ2n) is 8.90. The number of pyridine rings is 2. The summed E-state index contributed by atoms with van der Waals surface area (Å²) in [5.41, 5.74) is 0.751. The van der Waals surface area contributed by atoms with Crippen molar-refractivity contribution in [1.82, 2.24) is 19.8 Å². The largest absolute Gasteiger partial charge is 0.490 e. The SMILES string of the molecule is CN(CCN(C)C(=O)c1ccc(B(O)O)cn1)CC1OC(c2cncc(B(O)O)c2)=NC1(C)C. The Morgan fingerprint density at radius 2 is 1.76 bits per heavy atom. The van der Waals surface area contributed by atoms with Crippen molar-refractivity contribution in [2.45, 2.75) is 25.5 Å². The summed E-state index contributed by atoms with van der Waals surface area (Å²) in [7, 11) is 0.351. The van der Waals surface area contributed by atoms with E-state index in [0.29, 0.717) is 31.1 Å². The van der Waals surface area contributed by atoms with Crippen molar-refractivity contribution in [1.29, 1.82) is 0 Å². The molecule has 0 spiro atoms. The highest BCUT2D eigenvalue weighted by molar-refractivity contribution is 6.58. The van der Waals surface area contributed by atoms with Crippen LogP contribution in [-0.4, -0.2) is 111 Å². The minimum atomic E-state index is -1.63. The molecule has 0 saturated carbocycles. The van der Waals surface area contributed by atoms with E-state index in [2.05, 4.69) is 15.0 Å². The fraction of sp³-hybridized carbons (Fsp3) is 0.429. The highest BCUT2D eigenvalue weighted by Gasteiger charge is 2.39. The van der Waals surface area contributed by atoms with Gasteiger partial charge in [0.05, 0.1) is 11.1 Å². The van der Waals surface area contributed by atoms with Gasteiger partial charge in [-0.05, 0) is 33.0 Å². The average molecular weight is 469 g/mol. The molecule has 1 amide bonds. The first-order valence-corrected chi connectivity index (χ1v) is 10.8. The third kappa shape index (κ3) is 6.19. The highest BCUT2D eigenvalue weighted by atomic mass is 16.5. The molecule has 0 saturated heterocycles. The molecule has 4 N–H and O–H groups in total. The molecule has 1 aliphatic heterocycles. The summed E-state index contributed by atoms with van der Waals surface area (Å²) in [5, 5.41) is 37.1. The maximum absolute atomic E-state index is 12.6. The molecule has 0 aliphatic carbocycles. The van der Waals surface area contributed by atoms with Crippen LogP contribution in [0, 0.1) is 0 Å². The van der Waals surface area contributed by atoms with Crippen molar-refractivity contribution < 1.29 is 29.6 Å². The Hall–Kier alpha value is -2.83. The van der Waals surface area contributed by atoms with Gasteiger partial charge >= 0.3 is 14.2 Å². The first-order chi connectivity index (χ1) is 16.0. The number of nitrogens with zero attached hydrogens (tertiary/aromatic N) is 5. The Morgan fingerprint density at radius 3 is 2.38 bits per heavy atom. The van der Waals surface area contributed by atoms with E-state index in [4.69, 9.17) is 14.8 Å². The third-order valence-electron chi connectivity index (χ3n) is 5.68. The van der Waals surface area contributed by atoms with Crippen LogP contribution in [0.4, 0.5) is 0 Å². The Kier molecular flexibility index (Phi) is 8.05. The van der Waals surface area contributed by atoms with E-state index < -0.39 is 19.8 Å². The van der Waals surface area contributed by atoms with Gasteiger partial charge in [-0.1, -0.05) is 6.07 Å². The Labute approximate surface area is 199 Å². The summed E-state index contributed by atoms with van der Waals surface area (Å²) < 4.78 is 6.10. The zero-order valence-electron chi connectivity index (χ0n) is 19.7. The number of ether oxygens (including phenoxy) is 1. The number of aliphatic imine (C=N–C) groups is 1. The van der Waals surface area contributed by atoms with Crippen LogP contribution >= 0.6 is 0 Å². The number of likely N-dealkylation sites (N-methyl/N-ethyl adjacent to an activating group) is 2. The summed E-state index contributed by atoms with van der Waals surface area (Å²) in [5.74, 6) is 0.127. The lowest BCUT2D eigenvalue weighted by Crippen LogP contribution is -2.43. The van der Waals surface area contributed by atoms with Crippen molar-refractivity contribution in [3.63, 3.8) is 0 Å². The van der Waals surface area contributed by atoms with Crippen LogP contribution in [0.25, 0.3) is 0 Å². The molecule has 0 fully saturated rings. The lowest BCUT2D eigenvalue weighted by atomic mass is 9.81. The van der Waals surface area contributed by atoms with Crippen molar-refractivity contribution in [2.24, 2.45) is 4.99 Å². The molecule has 1 aliphatic rings. The van der Waals surface area contributed by atoms with E-state index in [1.54, 1.807) is 24.2 Å². The maximum Gasteiger partial charge on any atom is 0.490 e. The lowest BCUT2D eigenvalue weighted by Gasteiger charge is -2.29. The Balaban J connectivity index is 1.55. The van der Waals surface area contributed by atoms with Gasteiger partial charge in [0.25, 0.3) is 5.91 Å². The minimum absolute atomic E-state index is 0.217. The molecule has 13 heteroatoms. The Bertz CT molecular complexity index is 1030. The predicted molar refractivity (Wildman–Crippen MR) is 128 cm³/mol. The van der Waals surface area contributed by atoms with E-state index >= 15 is 0 Å². The van der Waals surface area contributed by atoms with E-state index in [1.165, 1.54) is 24.5 Å². The van der Waals surface area contributed by atoms with Crippen LogP contribution in [0.15, 0.2) is 41.8 Å². The summed E-state index contributed by atoms with van der Waals surface area (Å²) in [4.78, 5) is 28.9. The summed E-state index contributed by atoms with van der Waals surface area (Å²) >= 11 is 0. The van der Waals surface area contributed by atoms with Gasteiger partial charge < -0.3 is 34.6 Å². The number of aromatic nitrogens is 2. The molecule has 1 atom stereocenters. The third-order valence-corrected chi connectivity index (χ3v) is 5.68. The summed E-state index contributed by atoms with van der Waals surface area (Å²) in [6.45, 7) is 5.51. The minimum Gasteiger partial charge on any atom is -0.470 e. The van der Waals surface area contributed by atoms with E-state index in [0.717, 1.165) is 0 Å². The van der Waals surface area contributed by atoms with Crippen molar-refractivity contribution in [3.8, 4) is 0 Å². The molecule has 2 aromatic heterocycles. The summed E-state index contributed by atoms with van der Waals surface area (Å²) in [6.07, 6.45) is 3.95. The number of hydrogen-bond donors (Lipinski definition) is 4. The van der Waals surface area contributed by atoms with E-state index in [1.807, 2.05) is 25.8 Å². The van der Waals surface area contributed by atoms with Gasteiger partial charge in [-0.25, -0.2) is 4.99 Å². The average Bonchev–Trinajstić information content (AvgIpc) is 3.10. The monoisotopic (exact) mass is 469 g/mol. The van der Waals surface area contributed by atoms with Gasteiger partial charge in [0.15, 0.2) is 0 Å². The summed E-state index contributed by atoms with van der Waals surface area (Å²) in [6, 6.07) is 4.50. The van der Waals surface area contributed by atoms with Gasteiger partial charge in [0.2, 0.25) is 5.90 Å². The second kappa shape index (κ2) is 10.6. The molecule has 11 nitrogen and oxygen atoms in total. The van der Waals surface area contributed by atoms with Gasteiger partial charge in [0, 0.05) is 56.2 Å². The molecule has 0 aromatic carbocycles. The zero-order valence-corrected chi connectivity index (χ0v) is 19.7. The zero-order chi connectivity index (χ0) is 25.0. The predicted octanol–water partition coefficient (Wildman–Crippen LogP) is -2.54. The first-order valence-electron chi connectivity index (χ1n) is 10.8. The topological polar surface area (TPSA) is 152 Å². The van der Waals surface area contributed by atoms with Crippen LogP contribution in [0.2, 0.25) is 0 Å². The van der Waals surface area contributed by atoms with E-state index in [-0.39, 0.29) is 28.6 Å². The lowest BCUT2D eigenvalue weighted by molar-refractivity contribution is 0.0750. The molecule has 0 bridgehead atoms.